The molecule has 0 aliphatic heterocycles. The van der Waals surface area contributed by atoms with Crippen molar-refractivity contribution in [2.45, 2.75) is 6.54 Å². The van der Waals surface area contributed by atoms with Crippen LogP contribution in [0.15, 0.2) is 24.4 Å². The molecule has 3 N–H and O–H groups in total. The van der Waals surface area contributed by atoms with Gasteiger partial charge >= 0.3 is 0 Å². The molecule has 3 heteroatoms. The molecule has 13 heavy (non-hydrogen) atoms. The molecular formula is C10H9N3. The van der Waals surface area contributed by atoms with Gasteiger partial charge in [-0.1, -0.05) is 6.07 Å². The number of benzene rings is 1. The van der Waals surface area contributed by atoms with Gasteiger partial charge in [0, 0.05) is 23.6 Å². The van der Waals surface area contributed by atoms with E-state index in [4.69, 9.17) is 11.0 Å². The maximum Gasteiger partial charge on any atom is 0.0992 e. The number of nitriles is 1. The number of hydrogen-bond donors (Lipinski definition) is 2. The van der Waals surface area contributed by atoms with E-state index in [1.807, 2.05) is 18.3 Å². The van der Waals surface area contributed by atoms with Crippen LogP contribution in [0.1, 0.15) is 11.1 Å². The standard InChI is InChI=1S/C10H9N3/c11-4-7-1-2-9-8(5-12)6-13-10(9)3-7/h1-3,6,13H,5,12H2. The maximum absolute atomic E-state index is 8.67. The minimum Gasteiger partial charge on any atom is -0.361 e. The fraction of sp³-hybridized carbons (Fsp3) is 0.100. The second kappa shape index (κ2) is 2.92. The molecule has 0 bridgehead atoms. The molecule has 0 aliphatic carbocycles. The van der Waals surface area contributed by atoms with Crippen LogP contribution in [0.4, 0.5) is 0 Å². The highest BCUT2D eigenvalue weighted by molar-refractivity contribution is 5.84. The van der Waals surface area contributed by atoms with Crippen molar-refractivity contribution in [2.75, 3.05) is 0 Å². The molecule has 2 rings (SSSR count). The van der Waals surface area contributed by atoms with Crippen LogP contribution in [-0.2, 0) is 6.54 Å². The smallest absolute Gasteiger partial charge is 0.0992 e. The lowest BCUT2D eigenvalue weighted by Crippen LogP contribution is -1.93. The zero-order valence-corrected chi connectivity index (χ0v) is 7.04. The SMILES string of the molecule is N#Cc1ccc2c(CN)c[nH]c2c1. The van der Waals surface area contributed by atoms with Crippen LogP contribution in [0, 0.1) is 11.3 Å². The number of rotatable bonds is 1. The fourth-order valence-electron chi connectivity index (χ4n) is 1.42. The van der Waals surface area contributed by atoms with Gasteiger partial charge in [0.05, 0.1) is 11.6 Å². The Labute approximate surface area is 75.8 Å². The predicted molar refractivity (Wildman–Crippen MR) is 50.9 cm³/mol. The summed E-state index contributed by atoms with van der Waals surface area (Å²) in [5, 5.41) is 9.77. The third kappa shape index (κ3) is 1.17. The summed E-state index contributed by atoms with van der Waals surface area (Å²) in [5.74, 6) is 0. The average molecular weight is 171 g/mol. The summed E-state index contributed by atoms with van der Waals surface area (Å²) in [7, 11) is 0. The number of nitrogens with one attached hydrogen (secondary N) is 1. The van der Waals surface area contributed by atoms with E-state index in [0.717, 1.165) is 16.5 Å². The fourth-order valence-corrected chi connectivity index (χ4v) is 1.42. The summed E-state index contributed by atoms with van der Waals surface area (Å²) in [4.78, 5) is 3.08. The molecule has 1 aromatic heterocycles. The topological polar surface area (TPSA) is 65.6 Å². The van der Waals surface area contributed by atoms with Crippen LogP contribution in [0.25, 0.3) is 10.9 Å². The van der Waals surface area contributed by atoms with Crippen molar-refractivity contribution in [2.24, 2.45) is 5.73 Å². The summed E-state index contributed by atoms with van der Waals surface area (Å²) in [6.45, 7) is 0.520. The summed E-state index contributed by atoms with van der Waals surface area (Å²) in [6, 6.07) is 7.65. The third-order valence-electron chi connectivity index (χ3n) is 2.12. The molecule has 0 aliphatic rings. The molecule has 0 amide bonds. The molecule has 0 fully saturated rings. The van der Waals surface area contributed by atoms with Gasteiger partial charge in [-0.15, -0.1) is 0 Å². The van der Waals surface area contributed by atoms with E-state index in [9.17, 15) is 0 Å². The number of nitrogens with zero attached hydrogens (tertiary/aromatic N) is 1. The lowest BCUT2D eigenvalue weighted by Gasteiger charge is -1.93. The Balaban J connectivity index is 2.70. The van der Waals surface area contributed by atoms with Gasteiger partial charge < -0.3 is 10.7 Å². The zero-order valence-electron chi connectivity index (χ0n) is 7.04. The van der Waals surface area contributed by atoms with E-state index < -0.39 is 0 Å². The third-order valence-corrected chi connectivity index (χ3v) is 2.12. The van der Waals surface area contributed by atoms with Gasteiger partial charge in [-0.25, -0.2) is 0 Å². The summed E-state index contributed by atoms with van der Waals surface area (Å²) >= 11 is 0. The first-order chi connectivity index (χ1) is 6.35. The Morgan fingerprint density at radius 1 is 1.46 bits per heavy atom. The minimum absolute atomic E-state index is 0.520. The summed E-state index contributed by atoms with van der Waals surface area (Å²) in [6.07, 6.45) is 1.88. The maximum atomic E-state index is 8.67. The molecule has 0 unspecified atom stereocenters. The average Bonchev–Trinajstić information content (AvgIpc) is 2.59. The molecule has 2 aromatic rings. The van der Waals surface area contributed by atoms with Gasteiger partial charge in [0.1, 0.15) is 0 Å². The van der Waals surface area contributed by atoms with Crippen LogP contribution >= 0.6 is 0 Å². The molecule has 0 spiro atoms. The van der Waals surface area contributed by atoms with Crippen molar-refractivity contribution in [1.29, 1.82) is 5.26 Å². The monoisotopic (exact) mass is 171 g/mol. The van der Waals surface area contributed by atoms with Crippen molar-refractivity contribution in [3.05, 3.63) is 35.5 Å². The first-order valence-electron chi connectivity index (χ1n) is 4.05. The lowest BCUT2D eigenvalue weighted by molar-refractivity contribution is 1.08. The molecular weight excluding hydrogens is 162 g/mol. The molecule has 0 atom stereocenters. The first-order valence-corrected chi connectivity index (χ1v) is 4.05. The summed E-state index contributed by atoms with van der Waals surface area (Å²) < 4.78 is 0. The number of aromatic amines is 1. The van der Waals surface area contributed by atoms with Gasteiger partial charge in [0.25, 0.3) is 0 Å². The van der Waals surface area contributed by atoms with E-state index in [0.29, 0.717) is 12.1 Å². The van der Waals surface area contributed by atoms with Crippen molar-refractivity contribution in [1.82, 2.24) is 4.98 Å². The number of H-pyrrole nitrogens is 1. The molecule has 1 aromatic carbocycles. The molecule has 64 valence electrons. The van der Waals surface area contributed by atoms with Crippen LogP contribution in [-0.4, -0.2) is 4.98 Å². The quantitative estimate of drug-likeness (QED) is 0.682. The molecule has 3 nitrogen and oxygen atoms in total. The predicted octanol–water partition coefficient (Wildman–Crippen LogP) is 1.50. The number of nitrogens with two attached hydrogens (primary N) is 1. The lowest BCUT2D eigenvalue weighted by atomic mass is 10.1. The Morgan fingerprint density at radius 2 is 2.31 bits per heavy atom. The van der Waals surface area contributed by atoms with Crippen LogP contribution in [0.2, 0.25) is 0 Å². The Hall–Kier alpha value is -1.79. The highest BCUT2D eigenvalue weighted by Crippen LogP contribution is 2.18. The van der Waals surface area contributed by atoms with Crippen molar-refractivity contribution < 1.29 is 0 Å². The van der Waals surface area contributed by atoms with Crippen molar-refractivity contribution in [3.63, 3.8) is 0 Å². The Bertz CT molecular complexity index is 476. The van der Waals surface area contributed by atoms with E-state index >= 15 is 0 Å². The van der Waals surface area contributed by atoms with Crippen LogP contribution in [0.3, 0.4) is 0 Å². The second-order valence-corrected chi connectivity index (χ2v) is 2.89. The highest BCUT2D eigenvalue weighted by atomic mass is 14.7. The number of fused-ring (bicyclic) bond motifs is 1. The van der Waals surface area contributed by atoms with Crippen molar-refractivity contribution >= 4 is 10.9 Å². The molecule has 0 saturated heterocycles. The second-order valence-electron chi connectivity index (χ2n) is 2.89. The summed E-state index contributed by atoms with van der Waals surface area (Å²) in [5.41, 5.74) is 8.27. The molecule has 0 saturated carbocycles. The largest absolute Gasteiger partial charge is 0.361 e. The minimum atomic E-state index is 0.520. The Kier molecular flexibility index (Phi) is 1.76. The normalized spacial score (nSPS) is 10.2. The number of aromatic nitrogens is 1. The van der Waals surface area contributed by atoms with Crippen LogP contribution in [0.5, 0.6) is 0 Å². The van der Waals surface area contributed by atoms with Gasteiger partial charge in [-0.2, -0.15) is 5.26 Å². The van der Waals surface area contributed by atoms with Gasteiger partial charge in [0.2, 0.25) is 0 Å². The van der Waals surface area contributed by atoms with E-state index in [1.54, 1.807) is 6.07 Å². The van der Waals surface area contributed by atoms with Gasteiger partial charge in [0.15, 0.2) is 0 Å². The number of hydrogen-bond acceptors (Lipinski definition) is 2. The van der Waals surface area contributed by atoms with E-state index in [2.05, 4.69) is 11.1 Å². The zero-order chi connectivity index (χ0) is 9.26. The van der Waals surface area contributed by atoms with Gasteiger partial charge in [-0.05, 0) is 17.7 Å². The first kappa shape index (κ1) is 7.84. The molecule has 1 heterocycles. The Morgan fingerprint density at radius 3 is 3.00 bits per heavy atom. The molecule has 0 radical (unpaired) electrons. The van der Waals surface area contributed by atoms with Crippen molar-refractivity contribution in [3.8, 4) is 6.07 Å². The van der Waals surface area contributed by atoms with E-state index in [1.165, 1.54) is 0 Å². The van der Waals surface area contributed by atoms with Gasteiger partial charge in [-0.3, -0.25) is 0 Å². The van der Waals surface area contributed by atoms with Crippen LogP contribution < -0.4 is 5.73 Å². The highest BCUT2D eigenvalue weighted by Gasteiger charge is 2.01. The van der Waals surface area contributed by atoms with E-state index in [-0.39, 0.29) is 0 Å².